The van der Waals surface area contributed by atoms with Crippen molar-refractivity contribution in [3.8, 4) is 11.3 Å². The van der Waals surface area contributed by atoms with Crippen molar-refractivity contribution < 1.29 is 13.2 Å². The summed E-state index contributed by atoms with van der Waals surface area (Å²) in [6, 6.07) is 11.8. The zero-order chi connectivity index (χ0) is 19.7. The number of hydrogen-bond donors (Lipinski definition) is 0. The molecule has 0 saturated carbocycles. The fourth-order valence-electron chi connectivity index (χ4n) is 3.05. The van der Waals surface area contributed by atoms with Gasteiger partial charge in [-0.3, -0.25) is 4.79 Å². The number of alkyl halides is 3. The summed E-state index contributed by atoms with van der Waals surface area (Å²) in [5.74, 6) is 0. The molecule has 0 atom stereocenters. The Morgan fingerprint density at radius 2 is 1.64 bits per heavy atom. The summed E-state index contributed by atoms with van der Waals surface area (Å²) in [5.41, 5.74) is 0.00972. The molecule has 0 aliphatic heterocycles. The minimum atomic E-state index is -4.41. The lowest BCUT2D eigenvalue weighted by molar-refractivity contribution is -0.137. The van der Waals surface area contributed by atoms with Crippen LogP contribution in [-0.4, -0.2) is 19.3 Å². The molecule has 2 heterocycles. The Bertz CT molecular complexity index is 1160. The van der Waals surface area contributed by atoms with Crippen molar-refractivity contribution in [2.45, 2.75) is 19.3 Å². The molecule has 4 rings (SSSR count). The van der Waals surface area contributed by atoms with Crippen LogP contribution < -0.4 is 5.56 Å². The van der Waals surface area contributed by atoms with E-state index >= 15 is 0 Å². The minimum absolute atomic E-state index is 0.244. The second-order valence-corrected chi connectivity index (χ2v) is 6.30. The van der Waals surface area contributed by atoms with Gasteiger partial charge < -0.3 is 4.57 Å². The van der Waals surface area contributed by atoms with Gasteiger partial charge in [0.05, 0.1) is 29.5 Å². The van der Waals surface area contributed by atoms with E-state index in [9.17, 15) is 18.0 Å². The Labute approximate surface area is 157 Å². The lowest BCUT2D eigenvalue weighted by Crippen LogP contribution is -2.25. The standard InChI is InChI=1S/C20H15F3N4O/c21-20(22,23)15-7-5-14(6-8-15)18-16-3-1-2-4-17(16)19(28)27(25-18)12-11-26-10-9-24-13-26/h1-10,13H,11-12H2. The summed E-state index contributed by atoms with van der Waals surface area (Å²) in [7, 11) is 0. The monoisotopic (exact) mass is 384 g/mol. The van der Waals surface area contributed by atoms with E-state index < -0.39 is 11.7 Å². The SMILES string of the molecule is O=c1c2ccccc2c(-c2ccc(C(F)(F)F)cc2)nn1CCn1ccnc1. The Morgan fingerprint density at radius 3 is 2.29 bits per heavy atom. The largest absolute Gasteiger partial charge is 0.416 e. The van der Waals surface area contributed by atoms with Crippen molar-refractivity contribution in [1.82, 2.24) is 19.3 Å². The summed E-state index contributed by atoms with van der Waals surface area (Å²) >= 11 is 0. The van der Waals surface area contributed by atoms with Crippen LogP contribution in [0.25, 0.3) is 22.0 Å². The van der Waals surface area contributed by atoms with Crippen molar-refractivity contribution in [3.63, 3.8) is 0 Å². The molecule has 2 aromatic heterocycles. The molecule has 8 heteroatoms. The Balaban J connectivity index is 1.80. The van der Waals surface area contributed by atoms with E-state index in [0.29, 0.717) is 35.1 Å². The highest BCUT2D eigenvalue weighted by molar-refractivity contribution is 5.93. The van der Waals surface area contributed by atoms with E-state index in [0.717, 1.165) is 12.1 Å². The van der Waals surface area contributed by atoms with Crippen LogP contribution in [0.5, 0.6) is 0 Å². The third-order valence-electron chi connectivity index (χ3n) is 4.48. The van der Waals surface area contributed by atoms with E-state index in [1.165, 1.54) is 16.8 Å². The molecule has 0 N–H and O–H groups in total. The zero-order valence-electron chi connectivity index (χ0n) is 14.6. The van der Waals surface area contributed by atoms with Gasteiger partial charge in [0.25, 0.3) is 5.56 Å². The predicted molar refractivity (Wildman–Crippen MR) is 98.7 cm³/mol. The summed E-state index contributed by atoms with van der Waals surface area (Å²) in [5, 5.41) is 5.52. The maximum atomic E-state index is 12.9. The lowest BCUT2D eigenvalue weighted by Gasteiger charge is -2.12. The van der Waals surface area contributed by atoms with Gasteiger partial charge >= 0.3 is 6.18 Å². The number of halogens is 3. The van der Waals surface area contributed by atoms with Crippen molar-refractivity contribution in [2.24, 2.45) is 0 Å². The molecule has 142 valence electrons. The Hall–Kier alpha value is -3.42. The first-order valence-corrected chi connectivity index (χ1v) is 8.57. The number of aryl methyl sites for hydroxylation is 2. The molecule has 0 saturated heterocycles. The molecule has 2 aromatic carbocycles. The molecule has 0 aliphatic rings. The molecule has 0 unspecified atom stereocenters. The van der Waals surface area contributed by atoms with Crippen LogP contribution in [0.4, 0.5) is 13.2 Å². The molecule has 0 aliphatic carbocycles. The van der Waals surface area contributed by atoms with E-state index in [1.54, 1.807) is 43.0 Å². The van der Waals surface area contributed by atoms with Crippen LogP contribution in [0.1, 0.15) is 5.56 Å². The first-order chi connectivity index (χ1) is 13.4. The van der Waals surface area contributed by atoms with E-state index in [1.807, 2.05) is 4.57 Å². The van der Waals surface area contributed by atoms with Gasteiger partial charge in [0.15, 0.2) is 0 Å². The summed E-state index contributed by atoms with van der Waals surface area (Å²) in [6.45, 7) is 0.811. The van der Waals surface area contributed by atoms with Gasteiger partial charge in [0.1, 0.15) is 0 Å². The van der Waals surface area contributed by atoms with Crippen molar-refractivity contribution in [2.75, 3.05) is 0 Å². The molecular weight excluding hydrogens is 369 g/mol. The normalized spacial score (nSPS) is 11.8. The first-order valence-electron chi connectivity index (χ1n) is 8.57. The highest BCUT2D eigenvalue weighted by Gasteiger charge is 2.30. The first kappa shape index (κ1) is 18.0. The molecule has 4 aromatic rings. The van der Waals surface area contributed by atoms with Crippen LogP contribution in [0.15, 0.2) is 72.0 Å². The number of imidazole rings is 1. The molecule has 0 fully saturated rings. The average Bonchev–Trinajstić information content (AvgIpc) is 3.21. The van der Waals surface area contributed by atoms with Crippen LogP contribution in [0.2, 0.25) is 0 Å². The van der Waals surface area contributed by atoms with Crippen LogP contribution >= 0.6 is 0 Å². The summed E-state index contributed by atoms with van der Waals surface area (Å²) in [4.78, 5) is 16.7. The quantitative estimate of drug-likeness (QED) is 0.535. The lowest BCUT2D eigenvalue weighted by atomic mass is 10.0. The maximum Gasteiger partial charge on any atom is 0.416 e. The van der Waals surface area contributed by atoms with E-state index in [4.69, 9.17) is 0 Å². The smallest absolute Gasteiger partial charge is 0.336 e. The van der Waals surface area contributed by atoms with Gasteiger partial charge in [-0.2, -0.15) is 18.3 Å². The van der Waals surface area contributed by atoms with Crippen LogP contribution in [0, 0.1) is 0 Å². The molecule has 0 spiro atoms. The van der Waals surface area contributed by atoms with Gasteiger partial charge in [-0.25, -0.2) is 9.67 Å². The number of aromatic nitrogens is 4. The minimum Gasteiger partial charge on any atom is -0.336 e. The second kappa shape index (κ2) is 6.95. The van der Waals surface area contributed by atoms with E-state index in [-0.39, 0.29) is 5.56 Å². The number of benzene rings is 2. The van der Waals surface area contributed by atoms with Gasteiger partial charge in [-0.1, -0.05) is 30.3 Å². The number of hydrogen-bond acceptors (Lipinski definition) is 3. The summed E-state index contributed by atoms with van der Waals surface area (Å²) < 4.78 is 41.7. The maximum absolute atomic E-state index is 12.9. The second-order valence-electron chi connectivity index (χ2n) is 6.30. The van der Waals surface area contributed by atoms with Crippen LogP contribution in [-0.2, 0) is 19.3 Å². The highest BCUT2D eigenvalue weighted by Crippen LogP contribution is 2.31. The fourth-order valence-corrected chi connectivity index (χ4v) is 3.05. The molecule has 0 radical (unpaired) electrons. The Kier molecular flexibility index (Phi) is 4.46. The molecule has 28 heavy (non-hydrogen) atoms. The highest BCUT2D eigenvalue weighted by atomic mass is 19.4. The molecule has 0 amide bonds. The molecule has 5 nitrogen and oxygen atoms in total. The zero-order valence-corrected chi connectivity index (χ0v) is 14.6. The van der Waals surface area contributed by atoms with Gasteiger partial charge in [-0.05, 0) is 18.2 Å². The number of fused-ring (bicyclic) bond motifs is 1. The summed E-state index contributed by atoms with van der Waals surface area (Å²) in [6.07, 6.45) is 0.660. The molecule has 0 bridgehead atoms. The van der Waals surface area contributed by atoms with Crippen molar-refractivity contribution >= 4 is 10.8 Å². The van der Waals surface area contributed by atoms with Crippen molar-refractivity contribution in [3.05, 3.63) is 83.2 Å². The van der Waals surface area contributed by atoms with Crippen LogP contribution in [0.3, 0.4) is 0 Å². The third-order valence-corrected chi connectivity index (χ3v) is 4.48. The van der Waals surface area contributed by atoms with Crippen molar-refractivity contribution in [1.29, 1.82) is 0 Å². The average molecular weight is 384 g/mol. The predicted octanol–water partition coefficient (Wildman–Crippen LogP) is 3.98. The topological polar surface area (TPSA) is 52.7 Å². The third kappa shape index (κ3) is 3.40. The van der Waals surface area contributed by atoms with Gasteiger partial charge in [0, 0.05) is 29.9 Å². The van der Waals surface area contributed by atoms with Gasteiger partial charge in [-0.15, -0.1) is 0 Å². The van der Waals surface area contributed by atoms with Gasteiger partial charge in [0.2, 0.25) is 0 Å². The molecular formula is C20H15F3N4O. The Morgan fingerprint density at radius 1 is 0.929 bits per heavy atom. The fraction of sp³-hybridized carbons (Fsp3) is 0.150. The number of rotatable bonds is 4. The number of nitrogens with zero attached hydrogens (tertiary/aromatic N) is 4. The van der Waals surface area contributed by atoms with E-state index in [2.05, 4.69) is 10.1 Å².